The Morgan fingerprint density at radius 3 is 2.84 bits per heavy atom. The van der Waals surface area contributed by atoms with Gasteiger partial charge < -0.3 is 20.8 Å². The summed E-state index contributed by atoms with van der Waals surface area (Å²) in [5, 5.41) is 18.1. The Hall–Kier alpha value is -0.880. The van der Waals surface area contributed by atoms with Gasteiger partial charge in [-0.25, -0.2) is 0 Å². The molecule has 2 rings (SSSR count). The van der Waals surface area contributed by atoms with E-state index in [2.05, 4.69) is 15.3 Å². The summed E-state index contributed by atoms with van der Waals surface area (Å²) in [5.41, 5.74) is 0. The first-order valence-corrected chi connectivity index (χ1v) is 4.69. The van der Waals surface area contributed by atoms with Crippen LogP contribution in [0.2, 0.25) is 0 Å². The molecule has 0 aromatic carbocycles. The quantitative estimate of drug-likeness (QED) is 0.353. The summed E-state index contributed by atoms with van der Waals surface area (Å²) in [5.74, 6) is -0.184. The van der Waals surface area contributed by atoms with Crippen molar-refractivity contribution in [3.8, 4) is 0 Å². The van der Waals surface area contributed by atoms with E-state index in [0.717, 1.165) is 0 Å². The number of guanidine groups is 1. The molecule has 7 N–H and O–H groups in total. The SMILES string of the molecule is N=C1N=C2C(N=CN2COCCO)C(=O)N1.O.O.[Na]. The third-order valence-electron chi connectivity index (χ3n) is 2.08. The van der Waals surface area contributed by atoms with E-state index in [1.54, 1.807) is 0 Å². The Kier molecular flexibility index (Phi) is 9.78. The third-order valence-corrected chi connectivity index (χ3v) is 2.08. The number of amides is 1. The zero-order valence-electron chi connectivity index (χ0n) is 10.4. The second kappa shape index (κ2) is 9.09. The average molecular weight is 284 g/mol. The van der Waals surface area contributed by atoms with Gasteiger partial charge in [0.15, 0.2) is 6.04 Å². The molecule has 2 heterocycles. The molecule has 1 unspecified atom stereocenters. The smallest absolute Gasteiger partial charge is 0.259 e. The van der Waals surface area contributed by atoms with Crippen LogP contribution in [0.15, 0.2) is 9.98 Å². The first-order chi connectivity index (χ1) is 7.72. The number of carbonyl (C=O) groups is 1. The van der Waals surface area contributed by atoms with Crippen LogP contribution < -0.4 is 5.32 Å². The fourth-order valence-electron chi connectivity index (χ4n) is 1.39. The van der Waals surface area contributed by atoms with Crippen LogP contribution in [0.25, 0.3) is 0 Å². The fourth-order valence-corrected chi connectivity index (χ4v) is 1.39. The number of hydrogen-bond acceptors (Lipinski definition) is 6. The number of ether oxygens (including phenoxy) is 1. The zero-order valence-corrected chi connectivity index (χ0v) is 12.4. The minimum absolute atomic E-state index is 0. The maximum Gasteiger partial charge on any atom is 0.259 e. The molecule has 11 heteroatoms. The van der Waals surface area contributed by atoms with Gasteiger partial charge in [0.1, 0.15) is 12.6 Å². The minimum atomic E-state index is -0.688. The second-order valence-corrected chi connectivity index (χ2v) is 3.21. The van der Waals surface area contributed by atoms with E-state index in [1.165, 1.54) is 11.2 Å². The summed E-state index contributed by atoms with van der Waals surface area (Å²) in [7, 11) is 0. The number of aliphatic imine (C=N–C) groups is 2. The molecule has 1 radical (unpaired) electrons. The van der Waals surface area contributed by atoms with Gasteiger partial charge in [0.25, 0.3) is 5.91 Å². The number of nitrogens with one attached hydrogen (secondary N) is 2. The minimum Gasteiger partial charge on any atom is -0.412 e. The van der Waals surface area contributed by atoms with Crippen LogP contribution in [0.1, 0.15) is 0 Å². The molecule has 0 spiro atoms. The Balaban J connectivity index is 0. The molecular weight excluding hydrogens is 269 g/mol. The first-order valence-electron chi connectivity index (χ1n) is 4.69. The maximum atomic E-state index is 11.4. The summed E-state index contributed by atoms with van der Waals surface area (Å²) in [6.07, 6.45) is 1.44. The molecule has 103 valence electrons. The molecule has 0 saturated carbocycles. The van der Waals surface area contributed by atoms with Gasteiger partial charge in [-0.1, -0.05) is 0 Å². The van der Waals surface area contributed by atoms with Crippen molar-refractivity contribution in [2.24, 2.45) is 9.98 Å². The molecule has 0 aromatic rings. The van der Waals surface area contributed by atoms with Gasteiger partial charge in [-0.15, -0.1) is 0 Å². The number of rotatable bonds is 4. The van der Waals surface area contributed by atoms with Crippen LogP contribution >= 0.6 is 0 Å². The largest absolute Gasteiger partial charge is 0.412 e. The molecule has 0 aromatic heterocycles. The summed E-state index contributed by atoms with van der Waals surface area (Å²) in [4.78, 5) is 20.8. The van der Waals surface area contributed by atoms with Crippen molar-refractivity contribution in [1.82, 2.24) is 10.2 Å². The van der Waals surface area contributed by atoms with Crippen molar-refractivity contribution in [2.45, 2.75) is 6.04 Å². The number of aliphatic hydroxyl groups excluding tert-OH is 1. The van der Waals surface area contributed by atoms with Crippen LogP contribution in [0.4, 0.5) is 0 Å². The van der Waals surface area contributed by atoms with E-state index in [4.69, 9.17) is 15.3 Å². The van der Waals surface area contributed by atoms with Crippen LogP contribution in [0.5, 0.6) is 0 Å². The molecule has 10 nitrogen and oxygen atoms in total. The molecule has 0 saturated heterocycles. The number of amidine groups is 1. The number of hydrogen-bond donors (Lipinski definition) is 3. The van der Waals surface area contributed by atoms with Gasteiger partial charge in [0.05, 0.1) is 19.6 Å². The normalized spacial score (nSPS) is 19.5. The summed E-state index contributed by atoms with van der Waals surface area (Å²) in [6.45, 7) is 0.281. The fraction of sp³-hybridized carbons (Fsp3) is 0.500. The Labute approximate surface area is 131 Å². The van der Waals surface area contributed by atoms with Gasteiger partial charge in [-0.2, -0.15) is 4.99 Å². The van der Waals surface area contributed by atoms with Crippen LogP contribution in [-0.4, -0.2) is 101 Å². The molecule has 2 aliphatic rings. The van der Waals surface area contributed by atoms with Crippen molar-refractivity contribution in [3.05, 3.63) is 0 Å². The van der Waals surface area contributed by atoms with Gasteiger partial charge >= 0.3 is 0 Å². The number of aliphatic hydroxyl groups is 1. The Bertz CT molecular complexity index is 388. The predicted molar refractivity (Wildman–Crippen MR) is 68.3 cm³/mol. The molecule has 0 aliphatic carbocycles. The molecule has 19 heavy (non-hydrogen) atoms. The molecule has 0 fully saturated rings. The van der Waals surface area contributed by atoms with E-state index in [0.29, 0.717) is 5.84 Å². The molecule has 2 aliphatic heterocycles. The average Bonchev–Trinajstić information content (AvgIpc) is 2.62. The van der Waals surface area contributed by atoms with E-state index >= 15 is 0 Å². The van der Waals surface area contributed by atoms with Gasteiger partial charge in [0.2, 0.25) is 5.96 Å². The van der Waals surface area contributed by atoms with Crippen molar-refractivity contribution in [3.63, 3.8) is 0 Å². The zero-order chi connectivity index (χ0) is 11.5. The van der Waals surface area contributed by atoms with E-state index in [1.807, 2.05) is 0 Å². The number of carbonyl (C=O) groups excluding carboxylic acids is 1. The maximum absolute atomic E-state index is 11.4. The van der Waals surface area contributed by atoms with Crippen molar-refractivity contribution in [2.75, 3.05) is 19.9 Å². The molecule has 1 amide bonds. The molecule has 0 bridgehead atoms. The monoisotopic (exact) mass is 284 g/mol. The summed E-state index contributed by atoms with van der Waals surface area (Å²) in [6, 6.07) is -0.688. The van der Waals surface area contributed by atoms with Crippen LogP contribution in [0.3, 0.4) is 0 Å². The number of nitrogens with zero attached hydrogens (tertiary/aromatic N) is 3. The summed E-state index contributed by atoms with van der Waals surface area (Å²) >= 11 is 0. The Morgan fingerprint density at radius 1 is 1.53 bits per heavy atom. The topological polar surface area (TPSA) is 173 Å². The second-order valence-electron chi connectivity index (χ2n) is 3.21. The van der Waals surface area contributed by atoms with Crippen molar-refractivity contribution in [1.29, 1.82) is 5.41 Å². The van der Waals surface area contributed by atoms with Crippen molar-refractivity contribution < 1.29 is 25.6 Å². The summed E-state index contributed by atoms with van der Waals surface area (Å²) < 4.78 is 5.09. The van der Waals surface area contributed by atoms with E-state index < -0.39 is 6.04 Å². The van der Waals surface area contributed by atoms with Crippen LogP contribution in [0, 0.1) is 5.41 Å². The van der Waals surface area contributed by atoms with Gasteiger partial charge in [-0.05, 0) is 0 Å². The van der Waals surface area contributed by atoms with Gasteiger partial charge in [0, 0.05) is 29.6 Å². The molecule has 1 atom stereocenters. The first kappa shape index (κ1) is 20.4. The third kappa shape index (κ3) is 4.62. The predicted octanol–water partition coefficient (Wildman–Crippen LogP) is -3.90. The van der Waals surface area contributed by atoms with E-state index in [9.17, 15) is 4.79 Å². The van der Waals surface area contributed by atoms with Crippen LogP contribution in [-0.2, 0) is 9.53 Å². The Morgan fingerprint density at radius 2 is 2.21 bits per heavy atom. The standard InChI is InChI=1S/C8H11N5O3.Na.2H2O/c9-8-11-6-5(7(15)12-8)10-3-13(6)4-16-2-1-14;;;/h3,5,14H,1-2,4H2,(H2,9,12,15);;2*1H2. The molecular formula is C8H15N5NaO5. The van der Waals surface area contributed by atoms with Crippen molar-refractivity contribution >= 4 is 53.6 Å². The van der Waals surface area contributed by atoms with Gasteiger partial charge in [-0.3, -0.25) is 25.4 Å². The number of fused-ring (bicyclic) bond motifs is 1. The van der Waals surface area contributed by atoms with E-state index in [-0.39, 0.29) is 72.3 Å².